The zero-order valence-corrected chi connectivity index (χ0v) is 24.8. The van der Waals surface area contributed by atoms with Gasteiger partial charge in [-0.2, -0.15) is 0 Å². The highest BCUT2D eigenvalue weighted by Gasteiger charge is 2.34. The minimum Gasteiger partial charge on any atom is -0.491 e. The lowest BCUT2D eigenvalue weighted by molar-refractivity contribution is -0.137. The Morgan fingerprint density at radius 1 is 0.949 bits per heavy atom. The second-order valence-corrected chi connectivity index (χ2v) is 12.1. The van der Waals surface area contributed by atoms with Crippen LogP contribution in [0.1, 0.15) is 113 Å². The molecule has 0 aliphatic heterocycles. The van der Waals surface area contributed by atoms with E-state index in [9.17, 15) is 15.0 Å². The molecule has 0 saturated heterocycles. The van der Waals surface area contributed by atoms with E-state index in [1.807, 2.05) is 13.0 Å². The second-order valence-electron chi connectivity index (χ2n) is 12.1. The molecule has 0 aromatic heterocycles. The molecular formula is C34H50O5. The van der Waals surface area contributed by atoms with Crippen LogP contribution < -0.4 is 4.74 Å². The van der Waals surface area contributed by atoms with Crippen molar-refractivity contribution in [3.63, 3.8) is 0 Å². The molecule has 1 aliphatic rings. The highest BCUT2D eigenvalue weighted by molar-refractivity contribution is 5.66. The lowest BCUT2D eigenvalue weighted by atomic mass is 9.69. The number of hydrogen-bond donors (Lipinski definition) is 3. The molecule has 0 spiro atoms. The van der Waals surface area contributed by atoms with Gasteiger partial charge in [0.15, 0.2) is 0 Å². The fraction of sp³-hybridized carbons (Fsp3) is 0.618. The smallest absolute Gasteiger partial charge is 0.303 e. The molecule has 216 valence electrons. The SMILES string of the molecule is CCC(CC)(c1ccc(CCC(O)C2(C)CCCCC2)c(C)c1)c1ccc(OCC(O)CCC(=O)O)c(C)c1. The van der Waals surface area contributed by atoms with Gasteiger partial charge in [0.25, 0.3) is 0 Å². The Morgan fingerprint density at radius 3 is 2.13 bits per heavy atom. The molecule has 2 atom stereocenters. The highest BCUT2D eigenvalue weighted by atomic mass is 16.5. The topological polar surface area (TPSA) is 87.0 Å². The Morgan fingerprint density at radius 2 is 1.56 bits per heavy atom. The first-order chi connectivity index (χ1) is 18.5. The largest absolute Gasteiger partial charge is 0.491 e. The summed E-state index contributed by atoms with van der Waals surface area (Å²) in [6.07, 6.45) is 8.73. The fourth-order valence-electron chi connectivity index (χ4n) is 6.51. The van der Waals surface area contributed by atoms with Crippen molar-refractivity contribution in [3.8, 4) is 5.75 Å². The van der Waals surface area contributed by atoms with Crippen LogP contribution in [0.2, 0.25) is 0 Å². The average molecular weight is 539 g/mol. The maximum absolute atomic E-state index is 11.0. The van der Waals surface area contributed by atoms with Gasteiger partial charge in [0.2, 0.25) is 0 Å². The third-order valence-electron chi connectivity index (χ3n) is 9.44. The molecule has 2 aromatic rings. The lowest BCUT2D eigenvalue weighted by Crippen LogP contribution is -2.34. The Hall–Kier alpha value is -2.37. The van der Waals surface area contributed by atoms with Gasteiger partial charge in [-0.3, -0.25) is 4.79 Å². The molecule has 0 bridgehead atoms. The first-order valence-corrected chi connectivity index (χ1v) is 15.0. The van der Waals surface area contributed by atoms with E-state index in [0.717, 1.165) is 44.1 Å². The lowest BCUT2D eigenvalue weighted by Gasteiger charge is -2.38. The molecule has 1 fully saturated rings. The van der Waals surface area contributed by atoms with Crippen LogP contribution in [0.4, 0.5) is 0 Å². The number of aliphatic carboxylic acids is 1. The monoisotopic (exact) mass is 538 g/mol. The summed E-state index contributed by atoms with van der Waals surface area (Å²) in [5, 5.41) is 29.9. The first kappa shape index (κ1) is 31.2. The van der Waals surface area contributed by atoms with Crippen molar-refractivity contribution < 1.29 is 24.9 Å². The third kappa shape index (κ3) is 7.64. The summed E-state index contributed by atoms with van der Waals surface area (Å²) in [5.41, 5.74) is 6.11. The maximum atomic E-state index is 11.0. The van der Waals surface area contributed by atoms with Gasteiger partial charge in [0, 0.05) is 11.8 Å². The standard InChI is InChI=1S/C34H50O5/c1-6-34(7-2,28-14-16-30(25(4)22-28)39-23-29(35)15-18-32(37)38)27-13-11-26(24(3)21-27)12-17-31(36)33(5)19-9-8-10-20-33/h11,13-14,16,21-22,29,31,35-36H,6-10,12,15,17-20,23H2,1-5H3,(H,37,38). The molecule has 5 heteroatoms. The van der Waals surface area contributed by atoms with Crippen LogP contribution in [0.25, 0.3) is 0 Å². The average Bonchev–Trinajstić information content (AvgIpc) is 2.92. The fourth-order valence-corrected chi connectivity index (χ4v) is 6.51. The van der Waals surface area contributed by atoms with Gasteiger partial charge in [-0.15, -0.1) is 0 Å². The zero-order chi connectivity index (χ0) is 28.6. The minimum atomic E-state index is -0.917. The van der Waals surface area contributed by atoms with E-state index in [-0.39, 0.29) is 36.4 Å². The summed E-state index contributed by atoms with van der Waals surface area (Å²) < 4.78 is 5.84. The van der Waals surface area contributed by atoms with Crippen LogP contribution in [0.15, 0.2) is 36.4 Å². The molecule has 3 N–H and O–H groups in total. The van der Waals surface area contributed by atoms with E-state index in [2.05, 4.69) is 58.0 Å². The molecular weight excluding hydrogens is 488 g/mol. The van der Waals surface area contributed by atoms with Crippen LogP contribution in [0, 0.1) is 19.3 Å². The molecule has 5 nitrogen and oxygen atoms in total. The number of benzene rings is 2. The Balaban J connectivity index is 1.74. The van der Waals surface area contributed by atoms with Crippen molar-refractivity contribution in [3.05, 3.63) is 64.2 Å². The van der Waals surface area contributed by atoms with E-state index < -0.39 is 12.1 Å². The van der Waals surface area contributed by atoms with E-state index in [1.165, 1.54) is 41.5 Å². The Bertz CT molecular complexity index is 1080. The third-order valence-corrected chi connectivity index (χ3v) is 9.44. The quantitative estimate of drug-likeness (QED) is 0.235. The molecule has 0 radical (unpaired) electrons. The first-order valence-electron chi connectivity index (χ1n) is 15.0. The summed E-state index contributed by atoms with van der Waals surface area (Å²) in [7, 11) is 0. The normalized spacial score (nSPS) is 17.0. The summed E-state index contributed by atoms with van der Waals surface area (Å²) in [4.78, 5) is 10.7. The molecule has 0 heterocycles. The van der Waals surface area contributed by atoms with Crippen molar-refractivity contribution in [2.45, 2.75) is 123 Å². The summed E-state index contributed by atoms with van der Waals surface area (Å²) in [6, 6.07) is 13.2. The van der Waals surface area contributed by atoms with Crippen LogP contribution in [-0.2, 0) is 16.6 Å². The molecule has 0 amide bonds. The van der Waals surface area contributed by atoms with Crippen LogP contribution in [0.5, 0.6) is 5.75 Å². The number of carboxylic acid groups (broad SMARTS) is 1. The molecule has 2 aromatic carbocycles. The van der Waals surface area contributed by atoms with Gasteiger partial charge < -0.3 is 20.1 Å². The number of aryl methyl sites for hydroxylation is 3. The maximum Gasteiger partial charge on any atom is 0.303 e. The second kappa shape index (κ2) is 13.8. The molecule has 39 heavy (non-hydrogen) atoms. The predicted molar refractivity (Wildman–Crippen MR) is 158 cm³/mol. The zero-order valence-electron chi connectivity index (χ0n) is 24.8. The van der Waals surface area contributed by atoms with Gasteiger partial charge in [0.1, 0.15) is 12.4 Å². The van der Waals surface area contributed by atoms with Crippen molar-refractivity contribution in [1.29, 1.82) is 0 Å². The number of ether oxygens (including phenoxy) is 1. The highest BCUT2D eigenvalue weighted by Crippen LogP contribution is 2.42. The number of carbonyl (C=O) groups is 1. The van der Waals surface area contributed by atoms with Crippen LogP contribution >= 0.6 is 0 Å². The predicted octanol–water partition coefficient (Wildman–Crippen LogP) is 7.28. The van der Waals surface area contributed by atoms with Gasteiger partial charge >= 0.3 is 5.97 Å². The molecule has 1 aliphatic carbocycles. The number of aliphatic hydroxyl groups is 2. The molecule has 1 saturated carbocycles. The van der Waals surface area contributed by atoms with E-state index in [4.69, 9.17) is 9.84 Å². The minimum absolute atomic E-state index is 0.0654. The van der Waals surface area contributed by atoms with Crippen molar-refractivity contribution in [1.82, 2.24) is 0 Å². The van der Waals surface area contributed by atoms with Gasteiger partial charge in [-0.25, -0.2) is 0 Å². The van der Waals surface area contributed by atoms with E-state index >= 15 is 0 Å². The number of hydrogen-bond acceptors (Lipinski definition) is 4. The van der Waals surface area contributed by atoms with Gasteiger partial charge in [-0.1, -0.05) is 70.4 Å². The summed E-state index contributed by atoms with van der Waals surface area (Å²) in [5.74, 6) is -0.203. The molecule has 2 unspecified atom stereocenters. The van der Waals surface area contributed by atoms with Crippen molar-refractivity contribution >= 4 is 5.97 Å². The number of carboxylic acids is 1. The molecule has 3 rings (SSSR count). The van der Waals surface area contributed by atoms with Gasteiger partial charge in [0.05, 0.1) is 12.2 Å². The van der Waals surface area contributed by atoms with E-state index in [0.29, 0.717) is 5.75 Å². The van der Waals surface area contributed by atoms with Crippen LogP contribution in [-0.4, -0.2) is 40.1 Å². The van der Waals surface area contributed by atoms with Gasteiger partial charge in [-0.05, 0) is 98.1 Å². The summed E-state index contributed by atoms with van der Waals surface area (Å²) >= 11 is 0. The summed E-state index contributed by atoms with van der Waals surface area (Å²) in [6.45, 7) is 11.0. The van der Waals surface area contributed by atoms with Crippen molar-refractivity contribution in [2.75, 3.05) is 6.61 Å². The number of rotatable bonds is 14. The van der Waals surface area contributed by atoms with Crippen molar-refractivity contribution in [2.24, 2.45) is 5.41 Å². The Labute approximate surface area is 235 Å². The number of aliphatic hydroxyl groups excluding tert-OH is 2. The van der Waals surface area contributed by atoms with Crippen LogP contribution in [0.3, 0.4) is 0 Å². The Kier molecular flexibility index (Phi) is 11.0. The van der Waals surface area contributed by atoms with E-state index in [1.54, 1.807) is 0 Å².